The maximum Gasteiger partial charge on any atom is 0.315 e. The molecule has 7 rings (SSSR count). The number of aryl methyl sites for hydroxylation is 2. The average molecular weight is 1280 g/mol. The van der Waals surface area contributed by atoms with Gasteiger partial charge in [-0.05, 0) is 76.5 Å². The molecule has 87 heavy (non-hydrogen) atoms. The minimum Gasteiger partial charge on any atom is -0.377 e. The van der Waals surface area contributed by atoms with Crippen molar-refractivity contribution in [2.75, 3.05) is 171 Å². The van der Waals surface area contributed by atoms with Crippen LogP contribution in [0.3, 0.4) is 0 Å². The van der Waals surface area contributed by atoms with Gasteiger partial charge >= 0.3 is 6.03 Å². The van der Waals surface area contributed by atoms with Gasteiger partial charge in [0.25, 0.3) is 5.91 Å². The van der Waals surface area contributed by atoms with E-state index in [4.69, 9.17) is 73.4 Å². The second-order valence-electron chi connectivity index (χ2n) is 21.8. The Kier molecular flexibility index (Phi) is 34.5. The van der Waals surface area contributed by atoms with E-state index in [0.29, 0.717) is 201 Å². The summed E-state index contributed by atoms with van der Waals surface area (Å²) in [5.41, 5.74) is 3.01. The van der Waals surface area contributed by atoms with Crippen LogP contribution in [-0.2, 0) is 85.9 Å². The number of fused-ring (bicyclic) bond motifs is 1. The number of thioether (sulfide) groups is 1. The molecule has 0 spiro atoms. The molecule has 4 fully saturated rings. The lowest BCUT2D eigenvalue weighted by molar-refractivity contribution is -0.145. The van der Waals surface area contributed by atoms with E-state index in [0.717, 1.165) is 67.8 Å². The van der Waals surface area contributed by atoms with E-state index in [1.165, 1.54) is 15.4 Å². The lowest BCUT2D eigenvalue weighted by Crippen LogP contribution is -2.58. The number of morpholine rings is 1. The fourth-order valence-corrected chi connectivity index (χ4v) is 13.4. The SMILES string of the molecule is Cc1nc(C2CCC(N3C[C@H](C(=O)NCc4cn(CCOCCOCCOCCOCCOCCOCCOCCOCCOCCOCCOCCNC(=O)CCCC[C@@H]5SC[C@@H]6NC(=O)N[C@@H]65)nn4)OC[C@@H]3Cc3ccc(Cl)cc3)CC2)sc1C. The van der Waals surface area contributed by atoms with E-state index in [-0.39, 0.29) is 42.5 Å². The molecule has 3 aromatic rings. The Morgan fingerprint density at radius 3 is 1.80 bits per heavy atom. The minimum absolute atomic E-state index is 0.0375. The van der Waals surface area contributed by atoms with Crippen molar-refractivity contribution in [2.45, 2.75) is 126 Å². The van der Waals surface area contributed by atoms with E-state index in [9.17, 15) is 14.4 Å². The fourth-order valence-electron chi connectivity index (χ4n) is 10.6. The van der Waals surface area contributed by atoms with Gasteiger partial charge in [-0.3, -0.25) is 14.5 Å². The summed E-state index contributed by atoms with van der Waals surface area (Å²) < 4.78 is 69.3. The maximum absolute atomic E-state index is 13.5. The van der Waals surface area contributed by atoms with Crippen LogP contribution >= 0.6 is 34.7 Å². The molecule has 0 radical (unpaired) electrons. The van der Waals surface area contributed by atoms with Crippen molar-refractivity contribution in [2.24, 2.45) is 0 Å². The van der Waals surface area contributed by atoms with Crippen molar-refractivity contribution in [1.82, 2.24) is 46.1 Å². The lowest BCUT2D eigenvalue weighted by Gasteiger charge is -2.45. The molecule has 0 bridgehead atoms. The minimum atomic E-state index is -0.577. The van der Waals surface area contributed by atoms with Crippen molar-refractivity contribution >= 4 is 52.5 Å². The van der Waals surface area contributed by atoms with E-state index < -0.39 is 6.10 Å². The molecule has 3 aliphatic heterocycles. The average Bonchev–Trinajstić information content (AvgIpc) is 3.73. The Morgan fingerprint density at radius 1 is 0.701 bits per heavy atom. The second-order valence-corrected chi connectivity index (χ2v) is 24.8. The third-order valence-corrected chi connectivity index (χ3v) is 18.4. The molecule has 27 heteroatoms. The topological polar surface area (TPSA) is 257 Å². The van der Waals surface area contributed by atoms with Gasteiger partial charge in [-0.15, -0.1) is 16.4 Å². The van der Waals surface area contributed by atoms with Crippen LogP contribution in [0.4, 0.5) is 4.79 Å². The first-order valence-electron chi connectivity index (χ1n) is 31.2. The van der Waals surface area contributed by atoms with Gasteiger partial charge in [-0.2, -0.15) is 11.8 Å². The van der Waals surface area contributed by atoms with E-state index in [1.807, 2.05) is 41.4 Å². The number of aromatic nitrogens is 4. The number of halogens is 1. The number of benzene rings is 1. The van der Waals surface area contributed by atoms with Gasteiger partial charge in [0.15, 0.2) is 0 Å². The Labute approximate surface area is 526 Å². The number of rotatable bonds is 48. The molecule has 5 heterocycles. The molecule has 2 aromatic heterocycles. The van der Waals surface area contributed by atoms with Crippen LogP contribution in [0.1, 0.15) is 84.1 Å². The summed E-state index contributed by atoms with van der Waals surface area (Å²) in [5, 5.41) is 22.8. The third-order valence-electron chi connectivity index (χ3n) is 15.4. The number of unbranched alkanes of at least 4 members (excludes halogenated alkanes) is 1. The molecule has 1 saturated carbocycles. The first-order valence-corrected chi connectivity index (χ1v) is 33.5. The van der Waals surface area contributed by atoms with E-state index in [1.54, 1.807) is 4.68 Å². The summed E-state index contributed by atoms with van der Waals surface area (Å²) in [6.07, 6.45) is 9.70. The van der Waals surface area contributed by atoms with Crippen LogP contribution in [0.2, 0.25) is 5.02 Å². The number of hydrogen-bond donors (Lipinski definition) is 4. The van der Waals surface area contributed by atoms with Gasteiger partial charge < -0.3 is 78.1 Å². The van der Waals surface area contributed by atoms with Gasteiger partial charge in [0, 0.05) is 58.4 Å². The van der Waals surface area contributed by atoms with Crippen molar-refractivity contribution in [3.05, 3.63) is 62.3 Å². The number of hydrogen-bond acceptors (Lipinski definition) is 21. The predicted molar refractivity (Wildman–Crippen MR) is 330 cm³/mol. The first kappa shape index (κ1) is 70.8. The number of carbonyl (C=O) groups excluding carboxylic acids is 3. The normalized spacial score (nSPS) is 21.3. The molecule has 1 aromatic carbocycles. The molecule has 1 aliphatic carbocycles. The lowest BCUT2D eigenvalue weighted by atomic mass is 9.84. The van der Waals surface area contributed by atoms with Crippen LogP contribution in [0, 0.1) is 13.8 Å². The Hall–Kier alpha value is -3.68. The number of carbonyl (C=O) groups is 3. The Balaban J connectivity index is 0.560. The molecule has 4 aliphatic rings. The second kappa shape index (κ2) is 42.4. The summed E-state index contributed by atoms with van der Waals surface area (Å²) in [6, 6.07) is 8.95. The largest absolute Gasteiger partial charge is 0.377 e. The number of amides is 4. The standard InChI is InChI=1S/C60H96ClN9O15S2/c1-45-46(2)87-59(64-45)48-9-13-51(14-10-48)70-42-54(85-43-52(70)39-47-7-11-49(61)12-8-47)58(72)63-40-50-41-69(68-67-50)16-18-75-20-22-77-24-26-79-28-30-81-32-34-83-36-38-84-37-35-82-33-31-80-29-27-78-25-23-76-21-19-74-17-15-62-56(71)6-4-3-5-55-57-53(44-86-55)65-60(73)66-57/h7-8,11-12,41,48,51-55,57H,3-6,9-10,13-40,42-44H2,1-2H3,(H,62,71)(H,63,72)(H2,65,66,73)/t48?,51?,52-,53-,54+,55-,57-/m0/s1. The first-order chi connectivity index (χ1) is 42.7. The summed E-state index contributed by atoms with van der Waals surface area (Å²) >= 11 is 9.94. The van der Waals surface area contributed by atoms with Crippen LogP contribution in [-0.4, -0.2) is 249 Å². The van der Waals surface area contributed by atoms with Crippen molar-refractivity contribution < 1.29 is 71.2 Å². The highest BCUT2D eigenvalue weighted by Gasteiger charge is 2.43. The van der Waals surface area contributed by atoms with Gasteiger partial charge in [0.2, 0.25) is 5.91 Å². The van der Waals surface area contributed by atoms with Crippen LogP contribution in [0.25, 0.3) is 0 Å². The smallest absolute Gasteiger partial charge is 0.315 e. The Morgan fingerprint density at radius 2 is 1.25 bits per heavy atom. The van der Waals surface area contributed by atoms with Gasteiger partial charge in [-0.25, -0.2) is 14.5 Å². The fraction of sp³-hybridized carbons (Fsp3) is 0.767. The maximum atomic E-state index is 13.5. The molecule has 3 saturated heterocycles. The van der Waals surface area contributed by atoms with Crippen molar-refractivity contribution in [3.8, 4) is 0 Å². The van der Waals surface area contributed by atoms with Gasteiger partial charge in [0.05, 0.1) is 194 Å². The molecule has 24 nitrogen and oxygen atoms in total. The highest BCUT2D eigenvalue weighted by molar-refractivity contribution is 8.00. The molecule has 490 valence electrons. The quantitative estimate of drug-likeness (QED) is 0.0442. The number of ether oxygens (including phenoxy) is 12. The number of urea groups is 1. The summed E-state index contributed by atoms with van der Waals surface area (Å²) in [5.74, 6) is 1.34. The molecular formula is C60H96ClN9O15S2. The molecular weight excluding hydrogens is 1190 g/mol. The van der Waals surface area contributed by atoms with Gasteiger partial charge in [-0.1, -0.05) is 35.4 Å². The monoisotopic (exact) mass is 1280 g/mol. The van der Waals surface area contributed by atoms with Gasteiger partial charge in [0.1, 0.15) is 11.8 Å². The molecule has 5 atom stereocenters. The molecule has 0 unspecified atom stereocenters. The zero-order valence-electron chi connectivity index (χ0n) is 51.1. The zero-order chi connectivity index (χ0) is 60.9. The van der Waals surface area contributed by atoms with E-state index in [2.05, 4.69) is 62.5 Å². The van der Waals surface area contributed by atoms with Crippen LogP contribution in [0.5, 0.6) is 0 Å². The van der Waals surface area contributed by atoms with Crippen LogP contribution < -0.4 is 21.3 Å². The van der Waals surface area contributed by atoms with Crippen LogP contribution in [0.15, 0.2) is 30.5 Å². The van der Waals surface area contributed by atoms with E-state index >= 15 is 0 Å². The third kappa shape index (κ3) is 27.8. The summed E-state index contributed by atoms with van der Waals surface area (Å²) in [4.78, 5) is 45.9. The highest BCUT2D eigenvalue weighted by Crippen LogP contribution is 2.39. The predicted octanol–water partition coefficient (Wildman–Crippen LogP) is 4.68. The highest BCUT2D eigenvalue weighted by atomic mass is 35.5. The molecule has 4 N–H and O–H groups in total. The van der Waals surface area contributed by atoms with Crippen molar-refractivity contribution in [1.29, 1.82) is 0 Å². The summed E-state index contributed by atoms with van der Waals surface area (Å²) in [6.45, 7) is 16.7. The van der Waals surface area contributed by atoms with Crippen molar-refractivity contribution in [3.63, 3.8) is 0 Å². The summed E-state index contributed by atoms with van der Waals surface area (Å²) in [7, 11) is 0. The zero-order valence-corrected chi connectivity index (χ0v) is 53.5. The number of nitrogens with zero attached hydrogens (tertiary/aromatic N) is 5. The Bertz CT molecular complexity index is 2340. The number of thiazole rings is 1. The molecule has 4 amide bonds. The number of nitrogens with one attached hydrogen (secondary N) is 4.